The number of carbonyl (C=O) groups excluding carboxylic acids is 3. The highest BCUT2D eigenvalue weighted by Crippen LogP contribution is 2.16. The van der Waals surface area contributed by atoms with Gasteiger partial charge in [0.25, 0.3) is 0 Å². The third-order valence-electron chi connectivity index (χ3n) is 2.71. The summed E-state index contributed by atoms with van der Waals surface area (Å²) in [6.07, 6.45) is 7.25. The highest BCUT2D eigenvalue weighted by Gasteiger charge is 2.09. The van der Waals surface area contributed by atoms with Gasteiger partial charge in [0.15, 0.2) is 0 Å². The summed E-state index contributed by atoms with van der Waals surface area (Å²) in [5.74, 6) is 0.114. The maximum absolute atomic E-state index is 10.6. The fraction of sp³-hybridized carbons (Fsp3) is 0.750. The molecular formula is C12H20O3. The molecule has 0 aromatic rings. The molecule has 0 aliphatic heterocycles. The summed E-state index contributed by atoms with van der Waals surface area (Å²) in [5.41, 5.74) is 0. The van der Waals surface area contributed by atoms with Crippen molar-refractivity contribution in [2.75, 3.05) is 0 Å². The Hall–Kier alpha value is -0.990. The van der Waals surface area contributed by atoms with Crippen molar-refractivity contribution >= 4 is 18.9 Å². The van der Waals surface area contributed by atoms with Crippen LogP contribution in [0.3, 0.4) is 0 Å². The van der Waals surface area contributed by atoms with Gasteiger partial charge in [-0.25, -0.2) is 0 Å². The quantitative estimate of drug-likeness (QED) is 0.521. The Kier molecular flexibility index (Phi) is 8.93. The Morgan fingerprint density at radius 1 is 0.933 bits per heavy atom. The predicted octanol–water partition coefficient (Wildman–Crippen LogP) is 2.18. The van der Waals surface area contributed by atoms with Crippen molar-refractivity contribution in [1.82, 2.24) is 0 Å². The molecule has 0 aromatic carbocycles. The predicted molar refractivity (Wildman–Crippen MR) is 58.5 cm³/mol. The van der Waals surface area contributed by atoms with E-state index in [1.165, 1.54) is 0 Å². The molecule has 0 aliphatic carbocycles. The smallest absolute Gasteiger partial charge is 0.123 e. The zero-order valence-corrected chi connectivity index (χ0v) is 9.35. The van der Waals surface area contributed by atoms with E-state index in [1.807, 2.05) is 6.92 Å². The largest absolute Gasteiger partial charge is 0.303 e. The van der Waals surface area contributed by atoms with Crippen molar-refractivity contribution in [3.05, 3.63) is 0 Å². The zero-order chi connectivity index (χ0) is 11.5. The van der Waals surface area contributed by atoms with E-state index >= 15 is 0 Å². The van der Waals surface area contributed by atoms with Crippen LogP contribution >= 0.6 is 0 Å². The van der Waals surface area contributed by atoms with E-state index in [2.05, 4.69) is 0 Å². The molecule has 0 N–H and O–H groups in total. The number of rotatable bonds is 10. The third-order valence-corrected chi connectivity index (χ3v) is 2.71. The summed E-state index contributed by atoms with van der Waals surface area (Å²) in [6.45, 7) is 1.99. The lowest BCUT2D eigenvalue weighted by Gasteiger charge is -2.10. The van der Waals surface area contributed by atoms with Crippen LogP contribution in [0.4, 0.5) is 0 Å². The summed E-state index contributed by atoms with van der Waals surface area (Å²) in [5, 5.41) is 0. The van der Waals surface area contributed by atoms with E-state index in [-0.39, 0.29) is 11.8 Å². The molecule has 0 aromatic heterocycles. The van der Waals surface area contributed by atoms with E-state index in [0.717, 1.165) is 44.5 Å². The van der Waals surface area contributed by atoms with Crippen LogP contribution in [-0.2, 0) is 14.4 Å². The summed E-state index contributed by atoms with van der Waals surface area (Å²) in [6, 6.07) is 0. The normalized spacial score (nSPS) is 14.2. The van der Waals surface area contributed by atoms with Crippen molar-refractivity contribution < 1.29 is 14.4 Å². The minimum Gasteiger partial charge on any atom is -0.303 e. The van der Waals surface area contributed by atoms with E-state index in [1.54, 1.807) is 0 Å². The molecule has 0 fully saturated rings. The molecule has 0 aliphatic rings. The van der Waals surface area contributed by atoms with Crippen LogP contribution in [0, 0.1) is 11.8 Å². The van der Waals surface area contributed by atoms with Crippen LogP contribution in [0.5, 0.6) is 0 Å². The van der Waals surface area contributed by atoms with Gasteiger partial charge in [-0.1, -0.05) is 13.3 Å². The number of aldehydes is 3. The summed E-state index contributed by atoms with van der Waals surface area (Å²) in [7, 11) is 0. The Labute approximate surface area is 91.2 Å². The highest BCUT2D eigenvalue weighted by molar-refractivity contribution is 5.56. The van der Waals surface area contributed by atoms with E-state index in [0.29, 0.717) is 12.8 Å². The topological polar surface area (TPSA) is 51.2 Å². The van der Waals surface area contributed by atoms with Crippen LogP contribution in [0.15, 0.2) is 0 Å². The van der Waals surface area contributed by atoms with E-state index in [9.17, 15) is 14.4 Å². The molecule has 0 saturated heterocycles. The molecule has 0 amide bonds. The van der Waals surface area contributed by atoms with Crippen LogP contribution < -0.4 is 0 Å². The summed E-state index contributed by atoms with van der Waals surface area (Å²) >= 11 is 0. The molecule has 0 spiro atoms. The number of hydrogen-bond donors (Lipinski definition) is 0. The van der Waals surface area contributed by atoms with Gasteiger partial charge in [0.1, 0.15) is 18.9 Å². The van der Waals surface area contributed by atoms with Crippen molar-refractivity contribution in [3.63, 3.8) is 0 Å². The van der Waals surface area contributed by atoms with Crippen molar-refractivity contribution in [2.24, 2.45) is 11.8 Å². The van der Waals surface area contributed by atoms with Crippen LogP contribution in [-0.4, -0.2) is 18.9 Å². The fourth-order valence-electron chi connectivity index (χ4n) is 1.57. The van der Waals surface area contributed by atoms with E-state index < -0.39 is 0 Å². The van der Waals surface area contributed by atoms with Crippen LogP contribution in [0.25, 0.3) is 0 Å². The second kappa shape index (κ2) is 9.56. The Balaban J connectivity index is 3.65. The monoisotopic (exact) mass is 212 g/mol. The van der Waals surface area contributed by atoms with Gasteiger partial charge in [-0.05, 0) is 25.7 Å². The first-order valence-electron chi connectivity index (χ1n) is 5.62. The minimum absolute atomic E-state index is 0.0145. The Morgan fingerprint density at radius 2 is 1.53 bits per heavy atom. The Morgan fingerprint density at radius 3 is 2.00 bits per heavy atom. The molecule has 0 heterocycles. The maximum atomic E-state index is 10.6. The summed E-state index contributed by atoms with van der Waals surface area (Å²) < 4.78 is 0. The lowest BCUT2D eigenvalue weighted by molar-refractivity contribution is -0.112. The molecule has 86 valence electrons. The molecule has 0 saturated carbocycles. The maximum Gasteiger partial charge on any atom is 0.123 e. The Bertz CT molecular complexity index is 189. The van der Waals surface area contributed by atoms with Gasteiger partial charge < -0.3 is 14.4 Å². The average Bonchev–Trinajstić information content (AvgIpc) is 2.28. The standard InChI is InChI=1S/C12H20O3/c1-2-11(9-14)5-3-6-12(10-15)7-4-8-13/h8-12H,2-7H2,1H3. The molecule has 3 heteroatoms. The first-order valence-corrected chi connectivity index (χ1v) is 5.62. The minimum atomic E-state index is -0.0145. The third kappa shape index (κ3) is 7.00. The van der Waals surface area contributed by atoms with E-state index in [4.69, 9.17) is 0 Å². The van der Waals surface area contributed by atoms with Crippen molar-refractivity contribution in [1.29, 1.82) is 0 Å². The second-order valence-corrected chi connectivity index (χ2v) is 3.88. The SMILES string of the molecule is CCC(C=O)CCCC(C=O)CCC=O. The van der Waals surface area contributed by atoms with Crippen LogP contribution in [0.2, 0.25) is 0 Å². The molecule has 2 unspecified atom stereocenters. The number of hydrogen-bond acceptors (Lipinski definition) is 3. The van der Waals surface area contributed by atoms with Crippen LogP contribution in [0.1, 0.15) is 45.4 Å². The molecular weight excluding hydrogens is 192 g/mol. The van der Waals surface area contributed by atoms with Crippen molar-refractivity contribution in [2.45, 2.75) is 45.4 Å². The molecule has 15 heavy (non-hydrogen) atoms. The van der Waals surface area contributed by atoms with Gasteiger partial charge in [0, 0.05) is 18.3 Å². The van der Waals surface area contributed by atoms with Gasteiger partial charge in [-0.15, -0.1) is 0 Å². The first kappa shape index (κ1) is 14.0. The van der Waals surface area contributed by atoms with Gasteiger partial charge in [-0.3, -0.25) is 0 Å². The van der Waals surface area contributed by atoms with Gasteiger partial charge >= 0.3 is 0 Å². The zero-order valence-electron chi connectivity index (χ0n) is 9.35. The number of carbonyl (C=O) groups is 3. The second-order valence-electron chi connectivity index (χ2n) is 3.88. The molecule has 0 bridgehead atoms. The molecule has 0 radical (unpaired) electrons. The molecule has 0 rings (SSSR count). The van der Waals surface area contributed by atoms with Gasteiger partial charge in [-0.2, -0.15) is 0 Å². The first-order chi connectivity index (χ1) is 7.28. The molecule has 2 atom stereocenters. The van der Waals surface area contributed by atoms with Gasteiger partial charge in [0.2, 0.25) is 0 Å². The summed E-state index contributed by atoms with van der Waals surface area (Å²) in [4.78, 5) is 31.3. The lowest BCUT2D eigenvalue weighted by atomic mass is 9.94. The van der Waals surface area contributed by atoms with Crippen molar-refractivity contribution in [3.8, 4) is 0 Å². The van der Waals surface area contributed by atoms with Gasteiger partial charge in [0.05, 0.1) is 0 Å². The lowest BCUT2D eigenvalue weighted by Crippen LogP contribution is -2.05. The average molecular weight is 212 g/mol. The fourth-order valence-corrected chi connectivity index (χ4v) is 1.57. The highest BCUT2D eigenvalue weighted by atomic mass is 16.1. The molecule has 3 nitrogen and oxygen atoms in total.